The Morgan fingerprint density at radius 1 is 0.962 bits per heavy atom. The molecule has 0 spiro atoms. The molecule has 0 bridgehead atoms. The predicted molar refractivity (Wildman–Crippen MR) is 105 cm³/mol. The van der Waals surface area contributed by atoms with E-state index in [4.69, 9.17) is 9.47 Å². The van der Waals surface area contributed by atoms with Crippen molar-refractivity contribution in [3.8, 4) is 5.75 Å². The van der Waals surface area contributed by atoms with Crippen molar-refractivity contribution in [2.75, 3.05) is 24.3 Å². The number of ether oxygens (including phenoxy) is 2. The van der Waals surface area contributed by atoms with Gasteiger partial charge in [-0.1, -0.05) is 12.1 Å². The van der Waals surface area contributed by atoms with Crippen molar-refractivity contribution in [3.05, 3.63) is 59.7 Å². The van der Waals surface area contributed by atoms with Crippen molar-refractivity contribution in [2.24, 2.45) is 0 Å². The van der Waals surface area contributed by atoms with Crippen molar-refractivity contribution >= 4 is 29.3 Å². The zero-order valence-corrected chi connectivity index (χ0v) is 15.8. The molecular formula is C20H23NO4S. The number of esters is 1. The lowest BCUT2D eigenvalue weighted by Gasteiger charge is -2.07. The summed E-state index contributed by atoms with van der Waals surface area (Å²) in [5.74, 6) is 1.46. The molecule has 2 aromatic rings. The van der Waals surface area contributed by atoms with Gasteiger partial charge in [-0.15, -0.1) is 11.8 Å². The number of anilines is 1. The van der Waals surface area contributed by atoms with Gasteiger partial charge in [-0.25, -0.2) is 4.79 Å². The normalized spacial score (nSPS) is 10.2. The van der Waals surface area contributed by atoms with E-state index in [1.54, 1.807) is 19.1 Å². The number of benzene rings is 2. The quantitative estimate of drug-likeness (QED) is 0.670. The Labute approximate surface area is 158 Å². The summed E-state index contributed by atoms with van der Waals surface area (Å²) in [6.45, 7) is 4.68. The highest BCUT2D eigenvalue weighted by Crippen LogP contribution is 2.17. The molecule has 1 amide bonds. The highest BCUT2D eigenvalue weighted by Gasteiger charge is 2.07. The smallest absolute Gasteiger partial charge is 0.338 e. The third kappa shape index (κ3) is 6.44. The van der Waals surface area contributed by atoms with E-state index in [-0.39, 0.29) is 11.9 Å². The number of rotatable bonds is 9. The molecule has 5 nitrogen and oxygen atoms in total. The minimum atomic E-state index is -0.318. The van der Waals surface area contributed by atoms with E-state index in [1.165, 1.54) is 11.8 Å². The minimum Gasteiger partial charge on any atom is -0.494 e. The van der Waals surface area contributed by atoms with Crippen molar-refractivity contribution in [2.45, 2.75) is 19.6 Å². The maximum Gasteiger partial charge on any atom is 0.338 e. The average molecular weight is 373 g/mol. The van der Waals surface area contributed by atoms with Crippen LogP contribution in [0.2, 0.25) is 0 Å². The summed E-state index contributed by atoms with van der Waals surface area (Å²) in [4.78, 5) is 23.6. The van der Waals surface area contributed by atoms with Gasteiger partial charge in [0.15, 0.2) is 0 Å². The number of thioether (sulfide) groups is 1. The lowest BCUT2D eigenvalue weighted by Crippen LogP contribution is -2.14. The van der Waals surface area contributed by atoms with Crippen LogP contribution in [0.3, 0.4) is 0 Å². The summed E-state index contributed by atoms with van der Waals surface area (Å²) in [7, 11) is 0. The Hall–Kier alpha value is -2.47. The SMILES string of the molecule is CCOC(=O)c1ccc(CSCC(=O)Nc2ccc(OCC)cc2)cc1. The second-order valence-electron chi connectivity index (χ2n) is 5.42. The second-order valence-corrected chi connectivity index (χ2v) is 6.40. The predicted octanol–water partition coefficient (Wildman–Crippen LogP) is 4.13. The van der Waals surface area contributed by atoms with Gasteiger partial charge >= 0.3 is 5.97 Å². The summed E-state index contributed by atoms with van der Waals surface area (Å²) in [6.07, 6.45) is 0. The van der Waals surface area contributed by atoms with E-state index in [9.17, 15) is 9.59 Å². The Morgan fingerprint density at radius 2 is 1.65 bits per heavy atom. The number of hydrogen-bond donors (Lipinski definition) is 1. The molecule has 0 radical (unpaired) electrons. The maximum absolute atomic E-state index is 12.0. The number of nitrogens with one attached hydrogen (secondary N) is 1. The van der Waals surface area contributed by atoms with E-state index >= 15 is 0 Å². The standard InChI is InChI=1S/C20H23NO4S/c1-3-24-18-11-9-17(10-12-18)21-19(22)14-26-13-15-5-7-16(8-6-15)20(23)25-4-2/h5-12H,3-4,13-14H2,1-2H3,(H,21,22). The Kier molecular flexibility index (Phi) is 8.02. The number of carbonyl (C=O) groups excluding carboxylic acids is 2. The summed E-state index contributed by atoms with van der Waals surface area (Å²) >= 11 is 1.52. The third-order valence-electron chi connectivity index (χ3n) is 3.42. The molecular weight excluding hydrogens is 350 g/mol. The van der Waals surface area contributed by atoms with Crippen molar-refractivity contribution < 1.29 is 19.1 Å². The molecule has 0 aromatic heterocycles. The molecule has 2 rings (SSSR count). The molecule has 0 saturated carbocycles. The van der Waals surface area contributed by atoms with E-state index < -0.39 is 0 Å². The van der Waals surface area contributed by atoms with Gasteiger partial charge in [0.1, 0.15) is 5.75 Å². The van der Waals surface area contributed by atoms with Gasteiger partial charge in [0.2, 0.25) is 5.91 Å². The van der Waals surface area contributed by atoms with Crippen molar-refractivity contribution in [3.63, 3.8) is 0 Å². The summed E-state index contributed by atoms with van der Waals surface area (Å²) in [5, 5.41) is 2.86. The molecule has 0 saturated heterocycles. The monoisotopic (exact) mass is 373 g/mol. The summed E-state index contributed by atoms with van der Waals surface area (Å²) in [5.41, 5.74) is 2.34. The van der Waals surface area contributed by atoms with Crippen LogP contribution < -0.4 is 10.1 Å². The molecule has 0 heterocycles. The first kappa shape index (κ1) is 19.8. The Morgan fingerprint density at radius 3 is 2.27 bits per heavy atom. The zero-order chi connectivity index (χ0) is 18.8. The van der Waals surface area contributed by atoms with Gasteiger partial charge in [0, 0.05) is 11.4 Å². The second kappa shape index (κ2) is 10.5. The van der Waals surface area contributed by atoms with Crippen LogP contribution in [0.5, 0.6) is 5.75 Å². The van der Waals surface area contributed by atoms with Gasteiger partial charge in [-0.2, -0.15) is 0 Å². The van der Waals surface area contributed by atoms with Gasteiger partial charge in [-0.3, -0.25) is 4.79 Å². The van der Waals surface area contributed by atoms with Crippen LogP contribution in [0, 0.1) is 0 Å². The zero-order valence-electron chi connectivity index (χ0n) is 15.0. The maximum atomic E-state index is 12.0. The first-order chi connectivity index (χ1) is 12.6. The van der Waals surface area contributed by atoms with Gasteiger partial charge in [0.25, 0.3) is 0 Å². The molecule has 0 unspecified atom stereocenters. The lowest BCUT2D eigenvalue weighted by molar-refractivity contribution is -0.113. The van der Waals surface area contributed by atoms with Crippen LogP contribution in [0.1, 0.15) is 29.8 Å². The van der Waals surface area contributed by atoms with Crippen LogP contribution >= 0.6 is 11.8 Å². The number of hydrogen-bond acceptors (Lipinski definition) is 5. The minimum absolute atomic E-state index is 0.0534. The molecule has 2 aromatic carbocycles. The number of amides is 1. The summed E-state index contributed by atoms with van der Waals surface area (Å²) in [6, 6.07) is 14.5. The lowest BCUT2D eigenvalue weighted by atomic mass is 10.1. The molecule has 138 valence electrons. The van der Waals surface area contributed by atoms with E-state index in [0.29, 0.717) is 30.3 Å². The van der Waals surface area contributed by atoms with Gasteiger partial charge in [-0.05, 0) is 55.8 Å². The average Bonchev–Trinajstić information content (AvgIpc) is 2.64. The third-order valence-corrected chi connectivity index (χ3v) is 4.42. The van der Waals surface area contributed by atoms with Crippen LogP contribution in [-0.2, 0) is 15.3 Å². The van der Waals surface area contributed by atoms with Crippen LogP contribution in [-0.4, -0.2) is 30.8 Å². The molecule has 6 heteroatoms. The van der Waals surface area contributed by atoms with E-state index in [2.05, 4.69) is 5.32 Å². The van der Waals surface area contributed by atoms with Crippen LogP contribution in [0.25, 0.3) is 0 Å². The van der Waals surface area contributed by atoms with Crippen LogP contribution in [0.4, 0.5) is 5.69 Å². The molecule has 26 heavy (non-hydrogen) atoms. The largest absolute Gasteiger partial charge is 0.494 e. The molecule has 0 aliphatic rings. The van der Waals surface area contributed by atoms with E-state index in [1.807, 2.05) is 43.3 Å². The van der Waals surface area contributed by atoms with Crippen molar-refractivity contribution in [1.29, 1.82) is 0 Å². The first-order valence-electron chi connectivity index (χ1n) is 8.49. The molecule has 1 N–H and O–H groups in total. The van der Waals surface area contributed by atoms with Gasteiger partial charge < -0.3 is 14.8 Å². The fourth-order valence-corrected chi connectivity index (χ4v) is 3.00. The summed E-state index contributed by atoms with van der Waals surface area (Å²) < 4.78 is 10.3. The Bertz CT molecular complexity index is 714. The molecule has 0 atom stereocenters. The highest BCUT2D eigenvalue weighted by atomic mass is 32.2. The molecule has 0 aliphatic heterocycles. The fourth-order valence-electron chi connectivity index (χ4n) is 2.21. The highest BCUT2D eigenvalue weighted by molar-refractivity contribution is 7.99. The topological polar surface area (TPSA) is 64.6 Å². The Balaban J connectivity index is 1.74. The molecule has 0 aliphatic carbocycles. The first-order valence-corrected chi connectivity index (χ1v) is 9.64. The number of carbonyl (C=O) groups is 2. The van der Waals surface area contributed by atoms with E-state index in [0.717, 1.165) is 17.0 Å². The molecule has 0 fully saturated rings. The van der Waals surface area contributed by atoms with Gasteiger partial charge in [0.05, 0.1) is 24.5 Å². The van der Waals surface area contributed by atoms with Crippen LogP contribution in [0.15, 0.2) is 48.5 Å². The fraction of sp³-hybridized carbons (Fsp3) is 0.300. The van der Waals surface area contributed by atoms with Crippen molar-refractivity contribution in [1.82, 2.24) is 0 Å².